The van der Waals surface area contributed by atoms with Crippen LogP contribution in [0.2, 0.25) is 0 Å². The molecular formula is C15H19N3O3. The van der Waals surface area contributed by atoms with Gasteiger partial charge < -0.3 is 15.5 Å². The molecule has 112 valence electrons. The molecule has 0 saturated carbocycles. The van der Waals surface area contributed by atoms with Crippen molar-refractivity contribution in [1.29, 1.82) is 0 Å². The predicted octanol–water partition coefficient (Wildman–Crippen LogP) is 1.28. The van der Waals surface area contributed by atoms with Crippen LogP contribution < -0.4 is 15.5 Å². The first-order valence-electron chi connectivity index (χ1n) is 7.11. The molecule has 1 aliphatic rings. The molecule has 1 aromatic rings. The highest BCUT2D eigenvalue weighted by molar-refractivity contribution is 6.39. The van der Waals surface area contributed by atoms with Crippen LogP contribution in [0, 0.1) is 0 Å². The second kappa shape index (κ2) is 6.88. The molecule has 2 rings (SSSR count). The fourth-order valence-electron chi connectivity index (χ4n) is 2.15. The Morgan fingerprint density at radius 2 is 1.90 bits per heavy atom. The van der Waals surface area contributed by atoms with E-state index in [0.29, 0.717) is 18.7 Å². The van der Waals surface area contributed by atoms with Crippen LogP contribution in [0.3, 0.4) is 0 Å². The Balaban J connectivity index is 1.94. The highest BCUT2D eigenvalue weighted by atomic mass is 16.2. The predicted molar refractivity (Wildman–Crippen MR) is 80.0 cm³/mol. The van der Waals surface area contributed by atoms with Gasteiger partial charge in [0.2, 0.25) is 5.91 Å². The number of benzene rings is 1. The number of amides is 3. The molecule has 1 heterocycles. The Labute approximate surface area is 123 Å². The maximum absolute atomic E-state index is 11.6. The summed E-state index contributed by atoms with van der Waals surface area (Å²) in [7, 11) is 0. The lowest BCUT2D eigenvalue weighted by Crippen LogP contribution is -2.35. The number of hydrogen-bond donors (Lipinski definition) is 2. The fraction of sp³-hybridized carbons (Fsp3) is 0.400. The molecule has 0 bridgehead atoms. The second-order valence-electron chi connectivity index (χ2n) is 4.91. The van der Waals surface area contributed by atoms with Crippen molar-refractivity contribution in [3.8, 4) is 0 Å². The molecule has 1 saturated heterocycles. The largest absolute Gasteiger partial charge is 0.348 e. The second-order valence-corrected chi connectivity index (χ2v) is 4.91. The molecule has 21 heavy (non-hydrogen) atoms. The molecule has 1 fully saturated rings. The molecule has 0 aliphatic carbocycles. The minimum absolute atomic E-state index is 0.116. The van der Waals surface area contributed by atoms with Gasteiger partial charge in [-0.05, 0) is 37.1 Å². The fourth-order valence-corrected chi connectivity index (χ4v) is 2.15. The molecule has 1 aromatic carbocycles. The molecule has 0 aromatic heterocycles. The summed E-state index contributed by atoms with van der Waals surface area (Å²) < 4.78 is 0. The zero-order valence-electron chi connectivity index (χ0n) is 12.0. The topological polar surface area (TPSA) is 78.5 Å². The van der Waals surface area contributed by atoms with E-state index in [9.17, 15) is 14.4 Å². The third-order valence-corrected chi connectivity index (χ3v) is 3.25. The van der Waals surface area contributed by atoms with E-state index in [1.54, 1.807) is 29.2 Å². The van der Waals surface area contributed by atoms with Crippen molar-refractivity contribution in [2.75, 3.05) is 23.3 Å². The smallest absolute Gasteiger partial charge is 0.313 e. The van der Waals surface area contributed by atoms with Crippen molar-refractivity contribution in [3.63, 3.8) is 0 Å². The van der Waals surface area contributed by atoms with Gasteiger partial charge in [0, 0.05) is 30.9 Å². The van der Waals surface area contributed by atoms with Gasteiger partial charge in [0.05, 0.1) is 0 Å². The minimum atomic E-state index is -0.687. The van der Waals surface area contributed by atoms with Gasteiger partial charge in [0.1, 0.15) is 0 Å². The summed E-state index contributed by atoms with van der Waals surface area (Å²) in [4.78, 5) is 36.4. The number of anilines is 2. The molecule has 2 N–H and O–H groups in total. The molecule has 6 nitrogen and oxygen atoms in total. The Morgan fingerprint density at radius 1 is 1.19 bits per heavy atom. The molecule has 0 spiro atoms. The maximum atomic E-state index is 11.6. The Bertz CT molecular complexity index is 540. The van der Waals surface area contributed by atoms with Crippen molar-refractivity contribution in [2.45, 2.75) is 26.2 Å². The zero-order chi connectivity index (χ0) is 15.2. The van der Waals surface area contributed by atoms with Gasteiger partial charge in [-0.25, -0.2) is 0 Å². The van der Waals surface area contributed by atoms with Gasteiger partial charge in [-0.1, -0.05) is 6.92 Å². The number of nitrogens with one attached hydrogen (secondary N) is 2. The summed E-state index contributed by atoms with van der Waals surface area (Å²) in [6.07, 6.45) is 2.22. The highest BCUT2D eigenvalue weighted by Crippen LogP contribution is 2.22. The maximum Gasteiger partial charge on any atom is 0.313 e. The van der Waals surface area contributed by atoms with Gasteiger partial charge in [0.25, 0.3) is 0 Å². The van der Waals surface area contributed by atoms with Crippen LogP contribution in [0.4, 0.5) is 11.4 Å². The van der Waals surface area contributed by atoms with Crippen molar-refractivity contribution >= 4 is 29.1 Å². The van der Waals surface area contributed by atoms with E-state index >= 15 is 0 Å². The quantitative estimate of drug-likeness (QED) is 0.820. The van der Waals surface area contributed by atoms with Gasteiger partial charge in [-0.3, -0.25) is 14.4 Å². The standard InChI is InChI=1S/C15H19N3O3/c1-2-9-16-14(20)15(21)17-11-5-7-12(8-6-11)18-10-3-4-13(18)19/h5-8H,2-4,9-10H2,1H3,(H,16,20)(H,17,21). The average Bonchev–Trinajstić information content (AvgIpc) is 2.91. The van der Waals surface area contributed by atoms with Crippen LogP contribution in [0.1, 0.15) is 26.2 Å². The number of nitrogens with zero attached hydrogens (tertiary/aromatic N) is 1. The first kappa shape index (κ1) is 15.0. The summed E-state index contributed by atoms with van der Waals surface area (Å²) in [5.74, 6) is -1.21. The molecule has 6 heteroatoms. The number of carbonyl (C=O) groups excluding carboxylic acids is 3. The number of rotatable bonds is 4. The molecule has 0 radical (unpaired) electrons. The number of carbonyl (C=O) groups is 3. The molecule has 3 amide bonds. The van der Waals surface area contributed by atoms with E-state index in [2.05, 4.69) is 10.6 Å². The summed E-state index contributed by atoms with van der Waals surface area (Å²) in [5.41, 5.74) is 1.34. The molecule has 0 unspecified atom stereocenters. The van der Waals surface area contributed by atoms with Crippen molar-refractivity contribution in [1.82, 2.24) is 5.32 Å². The van der Waals surface area contributed by atoms with Gasteiger partial charge in [-0.15, -0.1) is 0 Å². The Morgan fingerprint density at radius 3 is 2.48 bits per heavy atom. The van der Waals surface area contributed by atoms with E-state index in [1.807, 2.05) is 6.92 Å². The van der Waals surface area contributed by atoms with Crippen LogP contribution in [0.15, 0.2) is 24.3 Å². The van der Waals surface area contributed by atoms with E-state index in [1.165, 1.54) is 0 Å². The van der Waals surface area contributed by atoms with Crippen molar-refractivity contribution in [3.05, 3.63) is 24.3 Å². The van der Waals surface area contributed by atoms with Crippen LogP contribution in [0.5, 0.6) is 0 Å². The SMILES string of the molecule is CCCNC(=O)C(=O)Nc1ccc(N2CCCC2=O)cc1. The lowest BCUT2D eigenvalue weighted by atomic mass is 10.2. The van der Waals surface area contributed by atoms with Crippen LogP contribution in [-0.2, 0) is 14.4 Å². The minimum Gasteiger partial charge on any atom is -0.348 e. The Kier molecular flexibility index (Phi) is 4.92. The van der Waals surface area contributed by atoms with Crippen LogP contribution in [-0.4, -0.2) is 30.8 Å². The first-order chi connectivity index (χ1) is 10.1. The Hall–Kier alpha value is -2.37. The molecular weight excluding hydrogens is 270 g/mol. The molecule has 0 atom stereocenters. The summed E-state index contributed by atoms with van der Waals surface area (Å²) in [6.45, 7) is 3.11. The third-order valence-electron chi connectivity index (χ3n) is 3.25. The van der Waals surface area contributed by atoms with Crippen molar-refractivity contribution in [2.24, 2.45) is 0 Å². The van der Waals surface area contributed by atoms with E-state index in [0.717, 1.165) is 25.1 Å². The highest BCUT2D eigenvalue weighted by Gasteiger charge is 2.21. The van der Waals surface area contributed by atoms with E-state index < -0.39 is 11.8 Å². The monoisotopic (exact) mass is 289 g/mol. The van der Waals surface area contributed by atoms with Crippen LogP contribution >= 0.6 is 0 Å². The lowest BCUT2D eigenvalue weighted by Gasteiger charge is -2.16. The van der Waals surface area contributed by atoms with Crippen molar-refractivity contribution < 1.29 is 14.4 Å². The summed E-state index contributed by atoms with van der Waals surface area (Å²) in [5, 5.41) is 5.04. The molecule has 1 aliphatic heterocycles. The summed E-state index contributed by atoms with van der Waals surface area (Å²) >= 11 is 0. The lowest BCUT2D eigenvalue weighted by molar-refractivity contribution is -0.136. The van der Waals surface area contributed by atoms with Gasteiger partial charge in [-0.2, -0.15) is 0 Å². The summed E-state index contributed by atoms with van der Waals surface area (Å²) in [6, 6.07) is 6.91. The average molecular weight is 289 g/mol. The first-order valence-corrected chi connectivity index (χ1v) is 7.11. The van der Waals surface area contributed by atoms with E-state index in [-0.39, 0.29) is 5.91 Å². The van der Waals surface area contributed by atoms with Gasteiger partial charge >= 0.3 is 11.8 Å². The third kappa shape index (κ3) is 3.81. The number of hydrogen-bond acceptors (Lipinski definition) is 3. The van der Waals surface area contributed by atoms with Gasteiger partial charge in [0.15, 0.2) is 0 Å². The zero-order valence-corrected chi connectivity index (χ0v) is 12.0. The normalized spacial score (nSPS) is 14.1. The van der Waals surface area contributed by atoms with E-state index in [4.69, 9.17) is 0 Å². The van der Waals surface area contributed by atoms with Crippen LogP contribution in [0.25, 0.3) is 0 Å².